The third-order valence-electron chi connectivity index (χ3n) is 3.91. The third kappa shape index (κ3) is 4.71. The summed E-state index contributed by atoms with van der Waals surface area (Å²) in [7, 11) is 0. The summed E-state index contributed by atoms with van der Waals surface area (Å²) >= 11 is 0. The Morgan fingerprint density at radius 2 is 1.84 bits per heavy atom. The highest BCUT2D eigenvalue weighted by atomic mass is 15.2. The van der Waals surface area contributed by atoms with Crippen molar-refractivity contribution in [3.63, 3.8) is 0 Å². The van der Waals surface area contributed by atoms with Gasteiger partial charge in [-0.05, 0) is 41.9 Å². The average molecular weight is 262 g/mol. The van der Waals surface area contributed by atoms with E-state index in [9.17, 15) is 0 Å². The molecule has 0 bridgehead atoms. The summed E-state index contributed by atoms with van der Waals surface area (Å²) in [6.07, 6.45) is 10.3. The van der Waals surface area contributed by atoms with Gasteiger partial charge in [-0.3, -0.25) is 5.84 Å². The zero-order valence-electron chi connectivity index (χ0n) is 13.1. The fraction of sp³-hybridized carbons (Fsp3) is 0.529. The molecule has 0 radical (unpaired) electrons. The molecule has 0 rings (SSSR count). The van der Waals surface area contributed by atoms with Crippen LogP contribution in [0, 0.1) is 5.41 Å². The van der Waals surface area contributed by atoms with Gasteiger partial charge in [-0.25, -0.2) is 0 Å². The van der Waals surface area contributed by atoms with Gasteiger partial charge in [0.15, 0.2) is 0 Å². The van der Waals surface area contributed by atoms with E-state index in [1.807, 2.05) is 12.2 Å². The Morgan fingerprint density at radius 1 is 1.21 bits per heavy atom. The summed E-state index contributed by atoms with van der Waals surface area (Å²) < 4.78 is 0. The second kappa shape index (κ2) is 8.76. The molecule has 0 saturated heterocycles. The molecule has 0 saturated carbocycles. The van der Waals surface area contributed by atoms with Crippen LogP contribution in [0.1, 0.15) is 53.4 Å². The highest BCUT2D eigenvalue weighted by molar-refractivity contribution is 5.41. The number of hydrazine groups is 1. The van der Waals surface area contributed by atoms with Gasteiger partial charge in [-0.1, -0.05) is 59.4 Å². The molecule has 0 spiro atoms. The lowest BCUT2D eigenvalue weighted by atomic mass is 9.75. The van der Waals surface area contributed by atoms with Gasteiger partial charge in [0.2, 0.25) is 0 Å². The van der Waals surface area contributed by atoms with Crippen LogP contribution in [0.15, 0.2) is 48.2 Å². The Labute approximate surface area is 119 Å². The minimum absolute atomic E-state index is 0.165. The number of nitrogens with one attached hydrogen (secondary N) is 1. The molecule has 0 heterocycles. The molecule has 108 valence electrons. The minimum Gasteiger partial charge on any atom is -0.328 e. The van der Waals surface area contributed by atoms with Gasteiger partial charge >= 0.3 is 0 Å². The molecule has 1 unspecified atom stereocenters. The van der Waals surface area contributed by atoms with Gasteiger partial charge in [-0.2, -0.15) is 0 Å². The SMILES string of the molecule is C=C/C(=C\C(C=C)=C(/CC)NN)C(C)(CC)CCC. The zero-order chi connectivity index (χ0) is 14.9. The number of hydrogen-bond acceptors (Lipinski definition) is 2. The number of rotatable bonds is 9. The number of hydrogen-bond donors (Lipinski definition) is 2. The molecule has 0 amide bonds. The van der Waals surface area contributed by atoms with E-state index in [4.69, 9.17) is 5.84 Å². The van der Waals surface area contributed by atoms with Gasteiger partial charge in [0, 0.05) is 5.70 Å². The fourth-order valence-corrected chi connectivity index (χ4v) is 2.38. The van der Waals surface area contributed by atoms with Crippen LogP contribution in [0.5, 0.6) is 0 Å². The monoisotopic (exact) mass is 262 g/mol. The van der Waals surface area contributed by atoms with Crippen molar-refractivity contribution in [1.82, 2.24) is 5.43 Å². The molecule has 3 N–H and O–H groups in total. The standard InChI is InChI=1S/C17H30N2/c1-7-12-17(6,11-5)15(9-3)13-14(8-2)16(10-4)19-18/h8-9,13,19H,2-3,7,10-12,18H2,1,4-6H3/b15-13+,16-14+. The molecular formula is C17H30N2. The molecular weight excluding hydrogens is 232 g/mol. The van der Waals surface area contributed by atoms with Gasteiger partial charge in [0.25, 0.3) is 0 Å². The summed E-state index contributed by atoms with van der Waals surface area (Å²) in [5.74, 6) is 5.57. The van der Waals surface area contributed by atoms with Crippen molar-refractivity contribution in [1.29, 1.82) is 0 Å². The maximum absolute atomic E-state index is 5.57. The lowest BCUT2D eigenvalue weighted by molar-refractivity contribution is 0.355. The first-order chi connectivity index (χ1) is 9.02. The molecule has 0 aromatic rings. The predicted molar refractivity (Wildman–Crippen MR) is 86.4 cm³/mol. The molecule has 19 heavy (non-hydrogen) atoms. The van der Waals surface area contributed by atoms with E-state index in [0.29, 0.717) is 0 Å². The second-order valence-electron chi connectivity index (χ2n) is 5.10. The molecule has 0 aromatic carbocycles. The van der Waals surface area contributed by atoms with Crippen LogP contribution >= 0.6 is 0 Å². The molecule has 0 aliphatic heterocycles. The van der Waals surface area contributed by atoms with Crippen LogP contribution in [-0.2, 0) is 0 Å². The van der Waals surface area contributed by atoms with Gasteiger partial charge in [0.1, 0.15) is 0 Å². The first-order valence-electron chi connectivity index (χ1n) is 7.19. The minimum atomic E-state index is 0.165. The maximum Gasteiger partial charge on any atom is 0.0328 e. The lowest BCUT2D eigenvalue weighted by Gasteiger charge is -2.30. The van der Waals surface area contributed by atoms with Gasteiger partial charge < -0.3 is 5.43 Å². The molecule has 1 atom stereocenters. The third-order valence-corrected chi connectivity index (χ3v) is 3.91. The highest BCUT2D eigenvalue weighted by Gasteiger charge is 2.24. The van der Waals surface area contributed by atoms with Crippen molar-refractivity contribution >= 4 is 0 Å². The number of nitrogens with two attached hydrogens (primary N) is 1. The predicted octanol–water partition coefficient (Wildman–Crippen LogP) is 4.63. The highest BCUT2D eigenvalue weighted by Crippen LogP contribution is 2.37. The molecule has 0 fully saturated rings. The molecule has 0 aromatic heterocycles. The summed E-state index contributed by atoms with van der Waals surface area (Å²) in [5.41, 5.74) is 6.24. The molecule has 0 aliphatic rings. The van der Waals surface area contributed by atoms with E-state index in [0.717, 1.165) is 30.5 Å². The summed E-state index contributed by atoms with van der Waals surface area (Å²) in [5, 5.41) is 0. The largest absolute Gasteiger partial charge is 0.328 e. The van der Waals surface area contributed by atoms with Crippen molar-refractivity contribution in [2.24, 2.45) is 11.3 Å². The van der Waals surface area contributed by atoms with E-state index < -0.39 is 0 Å². The van der Waals surface area contributed by atoms with Crippen LogP contribution in [-0.4, -0.2) is 0 Å². The average Bonchev–Trinajstić information content (AvgIpc) is 2.43. The molecule has 0 aliphatic carbocycles. The van der Waals surface area contributed by atoms with Crippen molar-refractivity contribution in [2.45, 2.75) is 53.4 Å². The zero-order valence-corrected chi connectivity index (χ0v) is 13.1. The van der Waals surface area contributed by atoms with Crippen molar-refractivity contribution in [2.75, 3.05) is 0 Å². The Bertz CT molecular complexity index is 357. The van der Waals surface area contributed by atoms with E-state index in [-0.39, 0.29) is 5.41 Å². The Kier molecular flexibility index (Phi) is 8.17. The van der Waals surface area contributed by atoms with Crippen LogP contribution in [0.4, 0.5) is 0 Å². The first-order valence-corrected chi connectivity index (χ1v) is 7.19. The first kappa shape index (κ1) is 17.7. The van der Waals surface area contributed by atoms with E-state index in [1.54, 1.807) is 0 Å². The molecule has 2 nitrogen and oxygen atoms in total. The van der Waals surface area contributed by atoms with Crippen molar-refractivity contribution < 1.29 is 0 Å². The van der Waals surface area contributed by atoms with E-state index >= 15 is 0 Å². The quantitative estimate of drug-likeness (QED) is 0.361. The van der Waals surface area contributed by atoms with Gasteiger partial charge in [-0.15, -0.1) is 0 Å². The van der Waals surface area contributed by atoms with Crippen LogP contribution in [0.25, 0.3) is 0 Å². The second-order valence-corrected chi connectivity index (χ2v) is 5.10. The normalized spacial score (nSPS) is 16.4. The Balaban J connectivity index is 5.66. The number of allylic oxidation sites excluding steroid dienone is 6. The van der Waals surface area contributed by atoms with E-state index in [1.165, 1.54) is 12.0 Å². The van der Waals surface area contributed by atoms with Crippen molar-refractivity contribution in [3.8, 4) is 0 Å². The summed E-state index contributed by atoms with van der Waals surface area (Å²) in [6, 6.07) is 0. The topological polar surface area (TPSA) is 38.0 Å². The summed E-state index contributed by atoms with van der Waals surface area (Å²) in [6.45, 7) is 16.7. The smallest absolute Gasteiger partial charge is 0.0328 e. The Morgan fingerprint density at radius 3 is 2.16 bits per heavy atom. The lowest BCUT2D eigenvalue weighted by Crippen LogP contribution is -2.22. The van der Waals surface area contributed by atoms with Crippen LogP contribution < -0.4 is 11.3 Å². The van der Waals surface area contributed by atoms with Crippen molar-refractivity contribution in [3.05, 3.63) is 48.2 Å². The van der Waals surface area contributed by atoms with E-state index in [2.05, 4.69) is 52.4 Å². The maximum atomic E-state index is 5.57. The van der Waals surface area contributed by atoms with Gasteiger partial charge in [0.05, 0.1) is 0 Å². The van der Waals surface area contributed by atoms with Crippen LogP contribution in [0.2, 0.25) is 0 Å². The van der Waals surface area contributed by atoms with Crippen LogP contribution in [0.3, 0.4) is 0 Å². The molecule has 2 heteroatoms. The fourth-order valence-electron chi connectivity index (χ4n) is 2.38. The summed E-state index contributed by atoms with van der Waals surface area (Å²) in [4.78, 5) is 0. The Hall–Kier alpha value is -1.28.